The van der Waals surface area contributed by atoms with Crippen LogP contribution >= 0.6 is 0 Å². The maximum Gasteiger partial charge on any atom is 0.290 e. The molecule has 1 atom stereocenters. The minimum absolute atomic E-state index is 0.0141. The van der Waals surface area contributed by atoms with E-state index < -0.39 is 6.04 Å². The van der Waals surface area contributed by atoms with Gasteiger partial charge in [0.2, 0.25) is 5.76 Å². The molecule has 4 aromatic rings. The van der Waals surface area contributed by atoms with Crippen LogP contribution in [-0.2, 0) is 0 Å². The van der Waals surface area contributed by atoms with E-state index in [-0.39, 0.29) is 23.2 Å². The lowest BCUT2D eigenvalue weighted by Crippen LogP contribution is -2.33. The summed E-state index contributed by atoms with van der Waals surface area (Å²) in [6.07, 6.45) is 0.816. The molecule has 2 heterocycles. The van der Waals surface area contributed by atoms with Gasteiger partial charge in [0.15, 0.2) is 5.43 Å². The standard InChI is InChI=1S/C31H34N2O4/c1-5-32(6-2)17-10-18-33-27(22-12-9-13-23(19-22)36-20(3)4)26-28(34)25-16-15-21-11-7-8-14-24(21)29(25)37-30(26)31(33)35/h7-9,11-16,19-20,27H,5-6,10,17-18H2,1-4H3. The Hall–Kier alpha value is -3.64. The number of hydrogen-bond acceptors (Lipinski definition) is 5. The van der Waals surface area contributed by atoms with E-state index in [1.165, 1.54) is 0 Å². The number of carbonyl (C=O) groups is 1. The summed E-state index contributed by atoms with van der Waals surface area (Å²) in [6.45, 7) is 11.6. The molecule has 0 saturated carbocycles. The highest BCUT2D eigenvalue weighted by Crippen LogP contribution is 2.40. The van der Waals surface area contributed by atoms with Crippen molar-refractivity contribution in [3.05, 3.63) is 87.8 Å². The third kappa shape index (κ3) is 4.62. The minimum Gasteiger partial charge on any atom is -0.491 e. The van der Waals surface area contributed by atoms with E-state index in [2.05, 4.69) is 18.7 Å². The van der Waals surface area contributed by atoms with Gasteiger partial charge in [-0.2, -0.15) is 0 Å². The van der Waals surface area contributed by atoms with Crippen LogP contribution in [0, 0.1) is 0 Å². The van der Waals surface area contributed by atoms with Crippen molar-refractivity contribution in [2.24, 2.45) is 0 Å². The Morgan fingerprint density at radius 2 is 1.76 bits per heavy atom. The number of benzene rings is 3. The van der Waals surface area contributed by atoms with Crippen LogP contribution in [0.3, 0.4) is 0 Å². The normalized spacial score (nSPS) is 15.4. The molecular weight excluding hydrogens is 464 g/mol. The average Bonchev–Trinajstić information content (AvgIpc) is 3.18. The second-order valence-electron chi connectivity index (χ2n) is 9.86. The van der Waals surface area contributed by atoms with Crippen LogP contribution in [-0.4, -0.2) is 48.0 Å². The van der Waals surface area contributed by atoms with Gasteiger partial charge in [-0.1, -0.05) is 56.3 Å². The van der Waals surface area contributed by atoms with E-state index in [1.807, 2.05) is 74.5 Å². The molecule has 1 aromatic heterocycles. The fourth-order valence-electron chi connectivity index (χ4n) is 5.36. The van der Waals surface area contributed by atoms with E-state index in [0.29, 0.717) is 28.8 Å². The molecule has 6 heteroatoms. The van der Waals surface area contributed by atoms with Crippen molar-refractivity contribution in [3.63, 3.8) is 0 Å². The monoisotopic (exact) mass is 498 g/mol. The molecule has 0 N–H and O–H groups in total. The van der Waals surface area contributed by atoms with Crippen molar-refractivity contribution in [2.75, 3.05) is 26.2 Å². The molecule has 1 aliphatic rings. The van der Waals surface area contributed by atoms with E-state index in [0.717, 1.165) is 42.4 Å². The van der Waals surface area contributed by atoms with Gasteiger partial charge in [-0.25, -0.2) is 0 Å². The molecule has 5 rings (SSSR count). The van der Waals surface area contributed by atoms with Crippen molar-refractivity contribution < 1.29 is 13.9 Å². The first-order valence-corrected chi connectivity index (χ1v) is 13.2. The first kappa shape index (κ1) is 25.0. The van der Waals surface area contributed by atoms with E-state index in [9.17, 15) is 9.59 Å². The zero-order valence-electron chi connectivity index (χ0n) is 22.0. The average molecular weight is 499 g/mol. The van der Waals surface area contributed by atoms with E-state index in [4.69, 9.17) is 9.15 Å². The molecule has 0 spiro atoms. The number of hydrogen-bond donors (Lipinski definition) is 0. The summed E-state index contributed by atoms with van der Waals surface area (Å²) in [5.41, 5.74) is 1.58. The van der Waals surface area contributed by atoms with Gasteiger partial charge in [-0.15, -0.1) is 0 Å². The largest absolute Gasteiger partial charge is 0.491 e. The summed E-state index contributed by atoms with van der Waals surface area (Å²) < 4.78 is 12.3. The van der Waals surface area contributed by atoms with Crippen LogP contribution in [0.2, 0.25) is 0 Å². The first-order chi connectivity index (χ1) is 17.9. The highest BCUT2D eigenvalue weighted by molar-refractivity contribution is 6.06. The number of ether oxygens (including phenoxy) is 1. The van der Waals surface area contributed by atoms with Gasteiger partial charge < -0.3 is 19.0 Å². The fraction of sp³-hybridized carbons (Fsp3) is 0.355. The predicted octanol–water partition coefficient (Wildman–Crippen LogP) is 6.01. The summed E-state index contributed by atoms with van der Waals surface area (Å²) in [5, 5.41) is 2.29. The van der Waals surface area contributed by atoms with Crippen LogP contribution in [0.15, 0.2) is 69.9 Å². The maximum atomic E-state index is 14.0. The Morgan fingerprint density at radius 1 is 0.973 bits per heavy atom. The summed E-state index contributed by atoms with van der Waals surface area (Å²) in [6, 6.07) is 18.7. The second kappa shape index (κ2) is 10.4. The van der Waals surface area contributed by atoms with E-state index in [1.54, 1.807) is 4.90 Å². The summed E-state index contributed by atoms with van der Waals surface area (Å²) in [4.78, 5) is 32.0. The van der Waals surface area contributed by atoms with Gasteiger partial charge >= 0.3 is 0 Å². The topological polar surface area (TPSA) is 63.0 Å². The molecular formula is C31H34N2O4. The maximum absolute atomic E-state index is 14.0. The van der Waals surface area contributed by atoms with Gasteiger partial charge in [0.05, 0.1) is 23.1 Å². The van der Waals surface area contributed by atoms with Crippen LogP contribution in [0.25, 0.3) is 21.7 Å². The lowest BCUT2D eigenvalue weighted by molar-refractivity contribution is 0.0720. The first-order valence-electron chi connectivity index (χ1n) is 13.2. The molecule has 1 amide bonds. The van der Waals surface area contributed by atoms with Gasteiger partial charge in [0.1, 0.15) is 11.3 Å². The second-order valence-corrected chi connectivity index (χ2v) is 9.86. The molecule has 0 radical (unpaired) electrons. The third-order valence-electron chi connectivity index (χ3n) is 7.17. The summed E-state index contributed by atoms with van der Waals surface area (Å²) in [5.74, 6) is 0.631. The lowest BCUT2D eigenvalue weighted by Gasteiger charge is -2.27. The predicted molar refractivity (Wildman–Crippen MR) is 147 cm³/mol. The smallest absolute Gasteiger partial charge is 0.290 e. The van der Waals surface area contributed by atoms with Crippen molar-refractivity contribution in [2.45, 2.75) is 46.3 Å². The van der Waals surface area contributed by atoms with Crippen molar-refractivity contribution in [3.8, 4) is 5.75 Å². The SMILES string of the molecule is CCN(CC)CCCN1C(=O)c2oc3c(ccc4ccccc43)c(=O)c2C1c1cccc(OC(C)C)c1. The third-order valence-corrected chi connectivity index (χ3v) is 7.17. The zero-order chi connectivity index (χ0) is 26.1. The van der Waals surface area contributed by atoms with Gasteiger partial charge in [-0.3, -0.25) is 9.59 Å². The van der Waals surface area contributed by atoms with E-state index >= 15 is 0 Å². The summed E-state index contributed by atoms with van der Waals surface area (Å²) >= 11 is 0. The molecule has 3 aromatic carbocycles. The Bertz CT molecular complexity index is 1500. The highest BCUT2D eigenvalue weighted by atomic mass is 16.5. The Kier molecular flexibility index (Phi) is 7.02. The van der Waals surface area contributed by atoms with Gasteiger partial charge in [0.25, 0.3) is 5.91 Å². The number of nitrogens with zero attached hydrogens (tertiary/aromatic N) is 2. The van der Waals surface area contributed by atoms with Crippen molar-refractivity contribution in [1.82, 2.24) is 9.80 Å². The van der Waals surface area contributed by atoms with Gasteiger partial charge in [-0.05, 0) is 69.1 Å². The Labute approximate surface area is 217 Å². The minimum atomic E-state index is -0.526. The quantitative estimate of drug-likeness (QED) is 0.265. The molecule has 6 nitrogen and oxygen atoms in total. The molecule has 0 bridgehead atoms. The van der Waals surface area contributed by atoms with Crippen molar-refractivity contribution in [1.29, 1.82) is 0 Å². The fourth-order valence-corrected chi connectivity index (χ4v) is 5.36. The number of rotatable bonds is 9. The Balaban J connectivity index is 1.65. The van der Waals surface area contributed by atoms with Crippen LogP contribution in [0.5, 0.6) is 5.75 Å². The molecule has 192 valence electrons. The summed E-state index contributed by atoms with van der Waals surface area (Å²) in [7, 11) is 0. The molecule has 0 saturated heterocycles. The molecule has 37 heavy (non-hydrogen) atoms. The molecule has 1 unspecified atom stereocenters. The molecule has 1 aliphatic heterocycles. The number of carbonyl (C=O) groups excluding carboxylic acids is 1. The Morgan fingerprint density at radius 3 is 2.51 bits per heavy atom. The molecule has 0 aliphatic carbocycles. The van der Waals surface area contributed by atoms with Crippen LogP contribution in [0.1, 0.15) is 61.8 Å². The van der Waals surface area contributed by atoms with Crippen molar-refractivity contribution >= 4 is 27.6 Å². The number of fused-ring (bicyclic) bond motifs is 4. The van der Waals surface area contributed by atoms with Crippen LogP contribution < -0.4 is 10.2 Å². The molecule has 0 fully saturated rings. The van der Waals surface area contributed by atoms with Gasteiger partial charge in [0, 0.05) is 11.9 Å². The number of amides is 1. The zero-order valence-corrected chi connectivity index (χ0v) is 22.0. The lowest BCUT2D eigenvalue weighted by atomic mass is 9.97. The highest BCUT2D eigenvalue weighted by Gasteiger charge is 2.42. The van der Waals surface area contributed by atoms with Crippen LogP contribution in [0.4, 0.5) is 0 Å².